The quantitative estimate of drug-likeness (QED) is 0.387. The minimum absolute atomic E-state index is 0.139. The summed E-state index contributed by atoms with van der Waals surface area (Å²) >= 11 is 7.69. The van der Waals surface area contributed by atoms with Crippen molar-refractivity contribution < 1.29 is 4.74 Å². The normalized spacial score (nSPS) is 11.5. The highest BCUT2D eigenvalue weighted by Gasteiger charge is 2.15. The molecule has 3 heterocycles. The molecule has 0 atom stereocenters. The Balaban J connectivity index is 1.78. The Morgan fingerprint density at radius 1 is 1.11 bits per heavy atom. The summed E-state index contributed by atoms with van der Waals surface area (Å²) < 4.78 is 7.14. The van der Waals surface area contributed by atoms with Gasteiger partial charge in [-0.2, -0.15) is 0 Å². The van der Waals surface area contributed by atoms with Crippen LogP contribution < -0.4 is 10.3 Å². The Labute approximate surface area is 168 Å². The van der Waals surface area contributed by atoms with Crippen LogP contribution in [-0.4, -0.2) is 21.0 Å². The van der Waals surface area contributed by atoms with Gasteiger partial charge in [-0.3, -0.25) is 14.2 Å². The first-order chi connectivity index (χ1) is 13.7. The van der Waals surface area contributed by atoms with Crippen LogP contribution in [0.25, 0.3) is 38.0 Å². The Hall–Kier alpha value is -2.96. The van der Waals surface area contributed by atoms with Gasteiger partial charge in [0, 0.05) is 17.0 Å². The molecule has 0 bridgehead atoms. The van der Waals surface area contributed by atoms with Crippen molar-refractivity contribution in [3.05, 3.63) is 69.4 Å². The predicted molar refractivity (Wildman–Crippen MR) is 114 cm³/mol. The average Bonchev–Trinajstić information content (AvgIpc) is 3.14. The van der Waals surface area contributed by atoms with Crippen molar-refractivity contribution in [3.63, 3.8) is 0 Å². The molecule has 138 valence electrons. The molecule has 0 aliphatic rings. The Kier molecular flexibility index (Phi) is 4.03. The van der Waals surface area contributed by atoms with E-state index in [1.54, 1.807) is 16.7 Å². The predicted octanol–water partition coefficient (Wildman–Crippen LogP) is 5.18. The number of nitrogens with zero attached hydrogens (tertiary/aromatic N) is 3. The second-order valence-corrected chi connectivity index (χ2v) is 7.51. The lowest BCUT2D eigenvalue weighted by Gasteiger charge is -2.07. The summed E-state index contributed by atoms with van der Waals surface area (Å²) in [5.41, 5.74) is 2.86. The van der Waals surface area contributed by atoms with Gasteiger partial charge in [-0.25, -0.2) is 4.98 Å². The maximum absolute atomic E-state index is 13.3. The van der Waals surface area contributed by atoms with Gasteiger partial charge in [-0.05, 0) is 42.8 Å². The highest BCUT2D eigenvalue weighted by molar-refractivity contribution is 7.15. The van der Waals surface area contributed by atoms with E-state index in [0.29, 0.717) is 33.0 Å². The van der Waals surface area contributed by atoms with Gasteiger partial charge in [-0.15, -0.1) is 11.3 Å². The molecule has 0 unspecified atom stereocenters. The van der Waals surface area contributed by atoms with Gasteiger partial charge in [-0.1, -0.05) is 23.7 Å². The fourth-order valence-corrected chi connectivity index (χ4v) is 4.45. The topological polar surface area (TPSA) is 56.5 Å². The van der Waals surface area contributed by atoms with E-state index in [4.69, 9.17) is 21.3 Å². The van der Waals surface area contributed by atoms with Gasteiger partial charge in [0.2, 0.25) is 0 Å². The van der Waals surface area contributed by atoms with Crippen molar-refractivity contribution in [1.82, 2.24) is 14.4 Å². The number of halogens is 1. The van der Waals surface area contributed by atoms with Gasteiger partial charge in [0.1, 0.15) is 5.75 Å². The van der Waals surface area contributed by atoms with Crippen LogP contribution in [0, 0.1) is 0 Å². The number of hydrogen-bond donors (Lipinski definition) is 0. The lowest BCUT2D eigenvalue weighted by Crippen LogP contribution is -2.15. The van der Waals surface area contributed by atoms with E-state index in [1.165, 1.54) is 11.3 Å². The molecule has 5 aromatic rings. The number of para-hydroxylation sites is 1. The van der Waals surface area contributed by atoms with Crippen molar-refractivity contribution in [1.29, 1.82) is 0 Å². The number of thiazole rings is 1. The summed E-state index contributed by atoms with van der Waals surface area (Å²) in [4.78, 5) is 23.1. The third-order valence-corrected chi connectivity index (χ3v) is 5.76. The van der Waals surface area contributed by atoms with Crippen LogP contribution in [0.5, 0.6) is 5.75 Å². The zero-order valence-electron chi connectivity index (χ0n) is 14.8. The molecular weight excluding hydrogens is 394 g/mol. The summed E-state index contributed by atoms with van der Waals surface area (Å²) in [6.45, 7) is 2.56. The Morgan fingerprint density at radius 3 is 2.71 bits per heavy atom. The summed E-state index contributed by atoms with van der Waals surface area (Å²) in [6, 6.07) is 13.2. The number of rotatable bonds is 3. The number of pyridine rings is 1. The second-order valence-electron chi connectivity index (χ2n) is 6.27. The van der Waals surface area contributed by atoms with Gasteiger partial charge in [0.15, 0.2) is 4.96 Å². The molecular formula is C21H14ClN3O2S. The molecule has 0 radical (unpaired) electrons. The molecule has 5 rings (SSSR count). The van der Waals surface area contributed by atoms with E-state index in [9.17, 15) is 4.79 Å². The van der Waals surface area contributed by atoms with Crippen LogP contribution >= 0.6 is 22.9 Å². The minimum Gasteiger partial charge on any atom is -0.494 e. The molecule has 0 saturated carbocycles. The van der Waals surface area contributed by atoms with Crippen LogP contribution in [0.1, 0.15) is 6.92 Å². The lowest BCUT2D eigenvalue weighted by atomic mass is 10.1. The van der Waals surface area contributed by atoms with Crippen molar-refractivity contribution in [3.8, 4) is 17.0 Å². The first-order valence-corrected chi connectivity index (χ1v) is 10.0. The first-order valence-electron chi connectivity index (χ1n) is 8.78. The SMILES string of the molecule is CCOc1ccc(-c2csc3nc4c(cnc5c(Cl)cccc54)c(=O)n23)cc1. The molecule has 0 saturated heterocycles. The number of hydrogen-bond acceptors (Lipinski definition) is 5. The highest BCUT2D eigenvalue weighted by atomic mass is 35.5. The highest BCUT2D eigenvalue weighted by Crippen LogP contribution is 2.30. The smallest absolute Gasteiger partial charge is 0.268 e. The molecule has 28 heavy (non-hydrogen) atoms. The van der Waals surface area contributed by atoms with Crippen molar-refractivity contribution in [2.75, 3.05) is 6.61 Å². The minimum atomic E-state index is -0.139. The molecule has 0 fully saturated rings. The van der Waals surface area contributed by atoms with E-state index >= 15 is 0 Å². The third-order valence-electron chi connectivity index (χ3n) is 4.63. The van der Waals surface area contributed by atoms with Gasteiger partial charge < -0.3 is 4.74 Å². The molecule has 0 N–H and O–H groups in total. The van der Waals surface area contributed by atoms with E-state index in [2.05, 4.69) is 4.98 Å². The number of ether oxygens (including phenoxy) is 1. The summed E-state index contributed by atoms with van der Waals surface area (Å²) in [7, 11) is 0. The number of aromatic nitrogens is 3. The molecule has 0 aliphatic carbocycles. The molecule has 7 heteroatoms. The largest absolute Gasteiger partial charge is 0.494 e. The number of fused-ring (bicyclic) bond motifs is 4. The Bertz CT molecular complexity index is 1410. The van der Waals surface area contributed by atoms with Crippen LogP contribution in [0.2, 0.25) is 5.02 Å². The summed E-state index contributed by atoms with van der Waals surface area (Å²) in [5, 5.41) is 3.74. The standard InChI is InChI=1S/C21H14ClN3O2S/c1-2-27-13-8-6-12(7-9-13)17-11-28-21-24-18-14-4-3-5-16(22)19(14)23-10-15(18)20(26)25(17)21/h3-11H,2H2,1H3. The number of benzene rings is 2. The van der Waals surface area contributed by atoms with E-state index < -0.39 is 0 Å². The fourth-order valence-electron chi connectivity index (χ4n) is 3.34. The van der Waals surface area contributed by atoms with Gasteiger partial charge in [0.05, 0.1) is 33.7 Å². The van der Waals surface area contributed by atoms with Crippen molar-refractivity contribution >= 4 is 49.7 Å². The second kappa shape index (κ2) is 6.58. The van der Waals surface area contributed by atoms with Crippen LogP contribution in [0.15, 0.2) is 58.8 Å². The monoisotopic (exact) mass is 407 g/mol. The molecule has 5 nitrogen and oxygen atoms in total. The lowest BCUT2D eigenvalue weighted by molar-refractivity contribution is 0.340. The van der Waals surface area contributed by atoms with Crippen LogP contribution in [0.4, 0.5) is 0 Å². The van der Waals surface area contributed by atoms with Crippen LogP contribution in [0.3, 0.4) is 0 Å². The molecule has 3 aromatic heterocycles. The van der Waals surface area contributed by atoms with Gasteiger partial charge >= 0.3 is 0 Å². The van der Waals surface area contributed by atoms with E-state index in [0.717, 1.165) is 22.4 Å². The maximum atomic E-state index is 13.3. The molecule has 0 spiro atoms. The van der Waals surface area contributed by atoms with Crippen molar-refractivity contribution in [2.45, 2.75) is 6.92 Å². The maximum Gasteiger partial charge on any atom is 0.268 e. The Morgan fingerprint density at radius 2 is 1.93 bits per heavy atom. The first kappa shape index (κ1) is 17.2. The third kappa shape index (κ3) is 2.57. The fraction of sp³-hybridized carbons (Fsp3) is 0.0952. The van der Waals surface area contributed by atoms with Gasteiger partial charge in [0.25, 0.3) is 5.56 Å². The van der Waals surface area contributed by atoms with Crippen molar-refractivity contribution in [2.24, 2.45) is 0 Å². The molecule has 2 aromatic carbocycles. The van der Waals surface area contributed by atoms with E-state index in [-0.39, 0.29) is 5.56 Å². The zero-order valence-corrected chi connectivity index (χ0v) is 16.4. The van der Waals surface area contributed by atoms with E-state index in [1.807, 2.05) is 48.7 Å². The summed E-state index contributed by atoms with van der Waals surface area (Å²) in [6.07, 6.45) is 1.56. The zero-order chi connectivity index (χ0) is 19.3. The summed E-state index contributed by atoms with van der Waals surface area (Å²) in [5.74, 6) is 0.800. The molecule has 0 aliphatic heterocycles. The van der Waals surface area contributed by atoms with Crippen LogP contribution in [-0.2, 0) is 0 Å². The average molecular weight is 408 g/mol. The molecule has 0 amide bonds.